The second-order valence-electron chi connectivity index (χ2n) is 13.0. The van der Waals surface area contributed by atoms with Crippen LogP contribution in [0.15, 0.2) is 66.2 Å². The minimum absolute atomic E-state index is 0.0283. The smallest absolute Gasteiger partial charge is 0.333 e. The van der Waals surface area contributed by atoms with Crippen LogP contribution in [0.2, 0.25) is 0 Å². The van der Waals surface area contributed by atoms with E-state index in [1.807, 2.05) is 78.8 Å². The number of rotatable bonds is 12. The number of carbonyl (C=O) groups excluding carboxylic acids is 3. The third-order valence-corrected chi connectivity index (χ3v) is 7.88. The van der Waals surface area contributed by atoms with Crippen molar-refractivity contribution in [2.75, 3.05) is 20.7 Å². The Bertz CT molecular complexity index is 1240. The van der Waals surface area contributed by atoms with Gasteiger partial charge in [0.05, 0.1) is 18.7 Å². The van der Waals surface area contributed by atoms with Gasteiger partial charge in [0.2, 0.25) is 11.8 Å². The molecule has 0 aliphatic heterocycles. The fraction of sp³-hybridized carbons (Fsp3) is 0.514. The lowest BCUT2D eigenvalue weighted by molar-refractivity contribution is -0.141. The van der Waals surface area contributed by atoms with Crippen LogP contribution in [0.1, 0.15) is 67.9 Å². The number of amides is 2. The van der Waals surface area contributed by atoms with Gasteiger partial charge >= 0.3 is 5.97 Å². The Morgan fingerprint density at radius 3 is 2.05 bits per heavy atom. The van der Waals surface area contributed by atoms with Crippen LogP contribution in [-0.4, -0.2) is 61.5 Å². The molecule has 0 fully saturated rings. The van der Waals surface area contributed by atoms with Gasteiger partial charge in [-0.15, -0.1) is 0 Å². The van der Waals surface area contributed by atoms with E-state index in [2.05, 4.69) is 34.9 Å². The molecule has 7 heteroatoms. The first-order chi connectivity index (χ1) is 19.6. The summed E-state index contributed by atoms with van der Waals surface area (Å²) in [7, 11) is 3.49. The first-order valence-corrected chi connectivity index (χ1v) is 14.8. The quantitative estimate of drug-likeness (QED) is 0.248. The van der Waals surface area contributed by atoms with Gasteiger partial charge < -0.3 is 20.3 Å². The molecule has 42 heavy (non-hydrogen) atoms. The monoisotopic (exact) mass is 577 g/mol. The van der Waals surface area contributed by atoms with Gasteiger partial charge in [0.25, 0.3) is 0 Å². The van der Waals surface area contributed by atoms with Crippen LogP contribution >= 0.6 is 0 Å². The van der Waals surface area contributed by atoms with E-state index in [4.69, 9.17) is 4.74 Å². The maximum Gasteiger partial charge on any atom is 0.333 e. The molecule has 0 bridgehead atoms. The highest BCUT2D eigenvalue weighted by Gasteiger charge is 2.41. The van der Waals surface area contributed by atoms with Crippen molar-refractivity contribution in [3.05, 3.63) is 71.8 Å². The van der Waals surface area contributed by atoms with Crippen LogP contribution in [0.5, 0.6) is 0 Å². The topological polar surface area (TPSA) is 87.7 Å². The van der Waals surface area contributed by atoms with E-state index >= 15 is 0 Å². The van der Waals surface area contributed by atoms with Crippen LogP contribution < -0.4 is 10.6 Å². The molecule has 1 unspecified atom stereocenters. The molecule has 2 amide bonds. The molecule has 0 heterocycles. The van der Waals surface area contributed by atoms with Gasteiger partial charge in [0.1, 0.15) is 6.04 Å². The average Bonchev–Trinajstić information content (AvgIpc) is 2.93. The summed E-state index contributed by atoms with van der Waals surface area (Å²) in [4.78, 5) is 41.9. The number of esters is 1. The summed E-state index contributed by atoms with van der Waals surface area (Å²) in [6, 6.07) is 16.6. The number of likely N-dealkylation sites (N-methyl/N-ethyl adjacent to an activating group) is 2. The molecular weight excluding hydrogens is 526 g/mol. The van der Waals surface area contributed by atoms with Gasteiger partial charge in [-0.2, -0.15) is 0 Å². The zero-order chi connectivity index (χ0) is 31.8. The molecule has 2 aromatic rings. The maximum absolute atomic E-state index is 14.0. The SMILES string of the molecule is CCOC(=O)C(C)=C[C@H](C(C)C)N(C)C(=O)[C@@H](NC(=O)C(NC)C(C)(C)c1cccc(-c2ccccc2)c1)C(C)(C)C. The Hall–Kier alpha value is -3.45. The van der Waals surface area contributed by atoms with Crippen molar-refractivity contribution in [1.82, 2.24) is 15.5 Å². The normalized spacial score (nSPS) is 14.6. The van der Waals surface area contributed by atoms with Crippen molar-refractivity contribution in [2.45, 2.75) is 85.9 Å². The first kappa shape index (κ1) is 34.7. The number of hydrogen-bond acceptors (Lipinski definition) is 5. The molecule has 2 aromatic carbocycles. The summed E-state index contributed by atoms with van der Waals surface area (Å²) in [6.07, 6.45) is 1.78. The Balaban J connectivity index is 2.38. The van der Waals surface area contributed by atoms with Crippen molar-refractivity contribution in [3.8, 4) is 11.1 Å². The lowest BCUT2D eigenvalue weighted by atomic mass is 9.76. The summed E-state index contributed by atoms with van der Waals surface area (Å²) < 4.78 is 5.14. The fourth-order valence-corrected chi connectivity index (χ4v) is 5.26. The van der Waals surface area contributed by atoms with Crippen LogP contribution in [0, 0.1) is 11.3 Å². The minimum Gasteiger partial charge on any atom is -0.463 e. The van der Waals surface area contributed by atoms with Crippen molar-refractivity contribution >= 4 is 17.8 Å². The molecule has 0 aromatic heterocycles. The van der Waals surface area contributed by atoms with E-state index < -0.39 is 28.9 Å². The predicted octanol–water partition coefficient (Wildman–Crippen LogP) is 5.74. The van der Waals surface area contributed by atoms with Crippen molar-refractivity contribution in [2.24, 2.45) is 11.3 Å². The van der Waals surface area contributed by atoms with Gasteiger partial charge in [-0.05, 0) is 48.9 Å². The highest BCUT2D eigenvalue weighted by atomic mass is 16.5. The van der Waals surface area contributed by atoms with Gasteiger partial charge in [0, 0.05) is 18.0 Å². The molecule has 7 nitrogen and oxygen atoms in total. The molecule has 0 aliphatic rings. The van der Waals surface area contributed by atoms with E-state index in [9.17, 15) is 14.4 Å². The molecule has 2 N–H and O–H groups in total. The second kappa shape index (κ2) is 14.6. The third kappa shape index (κ3) is 8.54. The maximum atomic E-state index is 14.0. The molecule has 230 valence electrons. The zero-order valence-corrected chi connectivity index (χ0v) is 27.4. The number of nitrogens with one attached hydrogen (secondary N) is 2. The second-order valence-corrected chi connectivity index (χ2v) is 13.0. The van der Waals surface area contributed by atoms with Crippen molar-refractivity contribution in [1.29, 1.82) is 0 Å². The van der Waals surface area contributed by atoms with E-state index in [0.717, 1.165) is 16.7 Å². The Labute approximate surface area is 253 Å². The van der Waals surface area contributed by atoms with Gasteiger partial charge in [-0.1, -0.05) is 109 Å². The number of benzene rings is 2. The number of nitrogens with zero attached hydrogens (tertiary/aromatic N) is 1. The highest BCUT2D eigenvalue weighted by Crippen LogP contribution is 2.32. The summed E-state index contributed by atoms with van der Waals surface area (Å²) >= 11 is 0. The minimum atomic E-state index is -0.796. The summed E-state index contributed by atoms with van der Waals surface area (Å²) in [5.41, 5.74) is 2.47. The lowest BCUT2D eigenvalue weighted by Crippen LogP contribution is -2.61. The average molecular weight is 578 g/mol. The molecule has 2 rings (SSSR count). The number of ether oxygens (including phenoxy) is 1. The van der Waals surface area contributed by atoms with E-state index in [0.29, 0.717) is 5.57 Å². The van der Waals surface area contributed by atoms with Crippen LogP contribution in [-0.2, 0) is 24.5 Å². The molecule has 0 aliphatic carbocycles. The zero-order valence-electron chi connectivity index (χ0n) is 27.4. The van der Waals surface area contributed by atoms with Crippen LogP contribution in [0.4, 0.5) is 0 Å². The van der Waals surface area contributed by atoms with E-state index in [-0.39, 0.29) is 30.4 Å². The van der Waals surface area contributed by atoms with E-state index in [1.165, 1.54) is 0 Å². The Morgan fingerprint density at radius 1 is 0.929 bits per heavy atom. The fourth-order valence-electron chi connectivity index (χ4n) is 5.26. The molecule has 0 spiro atoms. The third-order valence-electron chi connectivity index (χ3n) is 7.88. The van der Waals surface area contributed by atoms with Gasteiger partial charge in [-0.3, -0.25) is 9.59 Å². The summed E-state index contributed by atoms with van der Waals surface area (Å²) in [6.45, 7) is 17.6. The van der Waals surface area contributed by atoms with Crippen LogP contribution in [0.3, 0.4) is 0 Å². The number of hydrogen-bond donors (Lipinski definition) is 2. The molecule has 3 atom stereocenters. The van der Waals surface area contributed by atoms with Gasteiger partial charge in [-0.25, -0.2) is 4.79 Å². The molecule has 0 saturated carbocycles. The van der Waals surface area contributed by atoms with Crippen LogP contribution in [0.25, 0.3) is 11.1 Å². The lowest BCUT2D eigenvalue weighted by Gasteiger charge is -2.40. The van der Waals surface area contributed by atoms with E-state index in [1.54, 1.807) is 38.9 Å². The molecule has 0 saturated heterocycles. The Kier molecular flexibility index (Phi) is 12.1. The molecule has 0 radical (unpaired) electrons. The molecular formula is C35H51N3O4. The predicted molar refractivity (Wildman–Crippen MR) is 171 cm³/mol. The standard InChI is InChI=1S/C35H51N3O4/c1-12-42-33(41)24(4)21-28(23(2)3)38(11)32(40)30(34(5,6)7)37-31(39)29(36-10)35(8,9)27-20-16-19-26(22-27)25-17-14-13-15-18-25/h13-23,28-30,36H,12H2,1-11H3,(H,37,39)/t28-,29?,30-/m1/s1. The first-order valence-electron chi connectivity index (χ1n) is 14.8. The van der Waals surface area contributed by atoms with Gasteiger partial charge in [0.15, 0.2) is 0 Å². The van der Waals surface area contributed by atoms with Crippen molar-refractivity contribution < 1.29 is 19.1 Å². The van der Waals surface area contributed by atoms with Crippen molar-refractivity contribution in [3.63, 3.8) is 0 Å². The summed E-state index contributed by atoms with van der Waals surface area (Å²) in [5.74, 6) is -0.851. The largest absolute Gasteiger partial charge is 0.463 e. The highest BCUT2D eigenvalue weighted by molar-refractivity contribution is 5.92. The number of carbonyl (C=O) groups is 3. The Morgan fingerprint density at radius 2 is 1.52 bits per heavy atom. The summed E-state index contributed by atoms with van der Waals surface area (Å²) in [5, 5.41) is 6.31.